The minimum absolute atomic E-state index is 0.0321. The minimum atomic E-state index is -4.74. The second-order valence-electron chi connectivity index (χ2n) is 7.23. The number of carbonyl (C=O) groups excluding carboxylic acids is 1. The summed E-state index contributed by atoms with van der Waals surface area (Å²) in [5, 5.41) is 20.1. The number of likely N-dealkylation sites (tertiary alicyclic amines) is 1. The van der Waals surface area contributed by atoms with Crippen LogP contribution in [-0.2, 0) is 11.0 Å². The number of nitrogens with zero attached hydrogens (tertiary/aromatic N) is 2. The number of ether oxygens (including phenoxy) is 1. The number of non-ortho nitro benzene ring substituents is 1. The number of nitro groups is 1. The third kappa shape index (κ3) is 5.13. The Morgan fingerprint density at radius 3 is 2.31 bits per heavy atom. The van der Waals surface area contributed by atoms with Crippen LogP contribution in [0.4, 0.5) is 28.0 Å². The van der Waals surface area contributed by atoms with E-state index in [1.54, 1.807) is 0 Å². The number of carbonyl (C=O) groups is 2. The molecule has 0 radical (unpaired) electrons. The molecule has 1 heterocycles. The highest BCUT2D eigenvalue weighted by atomic mass is 19.4. The molecule has 1 aliphatic rings. The molecule has 2 aromatic rings. The Kier molecular flexibility index (Phi) is 6.32. The number of hydrogen-bond donors (Lipinski definition) is 1. The number of nitro benzene ring substituents is 1. The first-order valence-corrected chi connectivity index (χ1v) is 9.26. The van der Waals surface area contributed by atoms with E-state index in [9.17, 15) is 42.4 Å². The normalized spacial score (nSPS) is 18.8. The molecule has 0 saturated carbocycles. The fourth-order valence-corrected chi connectivity index (χ4v) is 3.49. The summed E-state index contributed by atoms with van der Waals surface area (Å²) < 4.78 is 58.0. The lowest BCUT2D eigenvalue weighted by Crippen LogP contribution is -2.46. The molecule has 0 spiro atoms. The molecule has 0 aromatic heterocycles. The van der Waals surface area contributed by atoms with Gasteiger partial charge in [-0.25, -0.2) is 9.18 Å². The van der Waals surface area contributed by atoms with Gasteiger partial charge in [-0.05, 0) is 36.2 Å². The molecule has 32 heavy (non-hydrogen) atoms. The molecule has 0 aliphatic carbocycles. The number of halogens is 4. The van der Waals surface area contributed by atoms with E-state index in [4.69, 9.17) is 4.74 Å². The van der Waals surface area contributed by atoms with Crippen LogP contribution >= 0.6 is 0 Å². The van der Waals surface area contributed by atoms with Gasteiger partial charge in [0.25, 0.3) is 5.69 Å². The Balaban J connectivity index is 1.81. The monoisotopic (exact) mass is 456 g/mol. The van der Waals surface area contributed by atoms with E-state index in [1.165, 1.54) is 12.1 Å². The first-order valence-electron chi connectivity index (χ1n) is 9.26. The summed E-state index contributed by atoms with van der Waals surface area (Å²) in [4.78, 5) is 35.2. The van der Waals surface area contributed by atoms with Crippen molar-refractivity contribution in [2.45, 2.75) is 18.5 Å². The zero-order valence-corrected chi connectivity index (χ0v) is 16.2. The maximum Gasteiger partial charge on any atom is 0.416 e. The van der Waals surface area contributed by atoms with Gasteiger partial charge < -0.3 is 14.7 Å². The Bertz CT molecular complexity index is 1040. The van der Waals surface area contributed by atoms with Crippen LogP contribution in [0.25, 0.3) is 0 Å². The van der Waals surface area contributed by atoms with Gasteiger partial charge in [0.05, 0.1) is 16.4 Å². The molecule has 1 saturated heterocycles. The molecule has 3 rings (SSSR count). The van der Waals surface area contributed by atoms with Crippen molar-refractivity contribution in [3.05, 3.63) is 69.5 Å². The predicted octanol–water partition coefficient (Wildman–Crippen LogP) is 4.44. The summed E-state index contributed by atoms with van der Waals surface area (Å²) in [6.45, 7) is -0.433. The molecular weight excluding hydrogens is 440 g/mol. The van der Waals surface area contributed by atoms with E-state index < -0.39 is 46.4 Å². The van der Waals surface area contributed by atoms with Crippen LogP contribution in [0.1, 0.15) is 23.5 Å². The molecule has 8 nitrogen and oxygen atoms in total. The van der Waals surface area contributed by atoms with Crippen molar-refractivity contribution in [1.29, 1.82) is 0 Å². The lowest BCUT2D eigenvalue weighted by atomic mass is 9.84. The second-order valence-corrected chi connectivity index (χ2v) is 7.23. The van der Waals surface area contributed by atoms with Crippen LogP contribution in [0, 0.1) is 21.8 Å². The zero-order chi connectivity index (χ0) is 23.6. The quantitative estimate of drug-likeness (QED) is 0.414. The van der Waals surface area contributed by atoms with Gasteiger partial charge in [-0.2, -0.15) is 13.2 Å². The molecular formula is C20H16F4N2O6. The smallest absolute Gasteiger partial charge is 0.416 e. The number of amides is 1. The molecule has 2 atom stereocenters. The van der Waals surface area contributed by atoms with E-state index in [1.807, 2.05) is 0 Å². The van der Waals surface area contributed by atoms with Crippen LogP contribution in [0.2, 0.25) is 0 Å². The highest BCUT2D eigenvalue weighted by Crippen LogP contribution is 2.36. The molecule has 1 N–H and O–H groups in total. The Morgan fingerprint density at radius 1 is 1.12 bits per heavy atom. The van der Waals surface area contributed by atoms with Gasteiger partial charge in [-0.3, -0.25) is 14.9 Å². The Hall–Kier alpha value is -3.70. The average Bonchev–Trinajstić information content (AvgIpc) is 2.73. The van der Waals surface area contributed by atoms with Crippen LogP contribution < -0.4 is 4.74 Å². The largest absolute Gasteiger partial charge is 0.481 e. The molecule has 170 valence electrons. The van der Waals surface area contributed by atoms with Crippen molar-refractivity contribution >= 4 is 17.7 Å². The first-order chi connectivity index (χ1) is 15.0. The SMILES string of the molecule is O=C(O)C1CC(c2ccc(C(F)(F)F)cc2F)CN(C(=O)Oc2ccc([N+](=O)[O-])cc2)C1. The Morgan fingerprint density at radius 2 is 1.78 bits per heavy atom. The van der Waals surface area contributed by atoms with Crippen molar-refractivity contribution in [2.24, 2.45) is 5.92 Å². The molecule has 1 fully saturated rings. The summed E-state index contributed by atoms with van der Waals surface area (Å²) in [7, 11) is 0. The third-order valence-corrected chi connectivity index (χ3v) is 5.08. The van der Waals surface area contributed by atoms with Gasteiger partial charge in [0, 0.05) is 31.1 Å². The Labute approximate surface area is 178 Å². The topological polar surface area (TPSA) is 110 Å². The van der Waals surface area contributed by atoms with Crippen molar-refractivity contribution < 1.29 is 41.9 Å². The number of carboxylic acids is 1. The average molecular weight is 456 g/mol. The summed E-state index contributed by atoms with van der Waals surface area (Å²) >= 11 is 0. The first kappa shape index (κ1) is 23.0. The summed E-state index contributed by atoms with van der Waals surface area (Å²) in [6, 6.07) is 6.55. The lowest BCUT2D eigenvalue weighted by Gasteiger charge is -2.35. The van der Waals surface area contributed by atoms with Crippen LogP contribution in [0.5, 0.6) is 5.75 Å². The van der Waals surface area contributed by atoms with Crippen LogP contribution in [-0.4, -0.2) is 40.1 Å². The van der Waals surface area contributed by atoms with E-state index in [0.29, 0.717) is 12.1 Å². The van der Waals surface area contributed by atoms with E-state index >= 15 is 0 Å². The summed E-state index contributed by atoms with van der Waals surface area (Å²) in [5.41, 5.74) is -1.55. The van der Waals surface area contributed by atoms with E-state index in [2.05, 4.69) is 0 Å². The van der Waals surface area contributed by atoms with Crippen molar-refractivity contribution in [3.63, 3.8) is 0 Å². The van der Waals surface area contributed by atoms with Gasteiger partial charge in [0.1, 0.15) is 11.6 Å². The standard InChI is InChI=1S/C20H16F4N2O6/c21-17-8-13(20(22,23)24)1-6-16(17)11-7-12(18(27)28)10-25(9-11)19(29)32-15-4-2-14(3-5-15)26(30)31/h1-6,8,11-12H,7,9-10H2,(H,27,28). The summed E-state index contributed by atoms with van der Waals surface area (Å²) in [5.74, 6) is -4.42. The number of alkyl halides is 3. The van der Waals surface area contributed by atoms with Gasteiger partial charge in [-0.1, -0.05) is 6.07 Å². The molecule has 1 amide bonds. The molecule has 0 bridgehead atoms. The van der Waals surface area contributed by atoms with E-state index in [-0.39, 0.29) is 36.5 Å². The molecule has 2 unspecified atom stereocenters. The maximum absolute atomic E-state index is 14.4. The number of rotatable bonds is 4. The van der Waals surface area contributed by atoms with Crippen LogP contribution in [0.15, 0.2) is 42.5 Å². The molecule has 2 aromatic carbocycles. The van der Waals surface area contributed by atoms with Crippen molar-refractivity contribution in [2.75, 3.05) is 13.1 Å². The minimum Gasteiger partial charge on any atom is -0.481 e. The fraction of sp³-hybridized carbons (Fsp3) is 0.300. The maximum atomic E-state index is 14.4. The van der Waals surface area contributed by atoms with Gasteiger partial charge in [0.15, 0.2) is 0 Å². The highest BCUT2D eigenvalue weighted by Gasteiger charge is 2.37. The highest BCUT2D eigenvalue weighted by molar-refractivity contribution is 5.75. The predicted molar refractivity (Wildman–Crippen MR) is 101 cm³/mol. The molecule has 12 heteroatoms. The van der Waals surface area contributed by atoms with Crippen molar-refractivity contribution in [3.8, 4) is 5.75 Å². The number of aliphatic carboxylic acids is 1. The summed E-state index contributed by atoms with van der Waals surface area (Å²) in [6.07, 6.45) is -5.79. The van der Waals surface area contributed by atoms with Gasteiger partial charge in [-0.15, -0.1) is 0 Å². The fourth-order valence-electron chi connectivity index (χ4n) is 3.49. The zero-order valence-electron chi connectivity index (χ0n) is 16.2. The van der Waals surface area contributed by atoms with E-state index in [0.717, 1.165) is 23.1 Å². The van der Waals surface area contributed by atoms with Crippen LogP contribution in [0.3, 0.4) is 0 Å². The molecule has 1 aliphatic heterocycles. The van der Waals surface area contributed by atoms with Gasteiger partial charge >= 0.3 is 18.2 Å². The van der Waals surface area contributed by atoms with Crippen molar-refractivity contribution in [1.82, 2.24) is 4.90 Å². The van der Waals surface area contributed by atoms with Gasteiger partial charge in [0.2, 0.25) is 0 Å². The number of hydrogen-bond acceptors (Lipinski definition) is 5. The number of piperidine rings is 1. The number of benzene rings is 2. The lowest BCUT2D eigenvalue weighted by molar-refractivity contribution is -0.384. The second kappa shape index (κ2) is 8.81. The third-order valence-electron chi connectivity index (χ3n) is 5.08. The number of carboxylic acid groups (broad SMARTS) is 1.